The van der Waals surface area contributed by atoms with Gasteiger partial charge in [-0.25, -0.2) is 0 Å². The van der Waals surface area contributed by atoms with Crippen LogP contribution in [0.15, 0.2) is 18.3 Å². The van der Waals surface area contributed by atoms with Gasteiger partial charge in [0, 0.05) is 48.7 Å². The number of rotatable bonds is 5. The maximum Gasteiger partial charge on any atom is 0.0734 e. The van der Waals surface area contributed by atoms with Gasteiger partial charge in [0.25, 0.3) is 0 Å². The van der Waals surface area contributed by atoms with E-state index in [9.17, 15) is 0 Å². The Labute approximate surface area is 168 Å². The van der Waals surface area contributed by atoms with E-state index in [0.29, 0.717) is 5.92 Å². The first-order chi connectivity index (χ1) is 13.7. The van der Waals surface area contributed by atoms with E-state index in [1.807, 2.05) is 6.20 Å². The number of fused-ring (bicyclic) bond motifs is 2. The van der Waals surface area contributed by atoms with Crippen molar-refractivity contribution in [1.29, 1.82) is 0 Å². The number of aryl methyl sites for hydroxylation is 2. The van der Waals surface area contributed by atoms with Gasteiger partial charge in [0.05, 0.1) is 13.2 Å². The second-order valence-corrected chi connectivity index (χ2v) is 9.14. The molecule has 1 atom stereocenters. The lowest BCUT2D eigenvalue weighted by Gasteiger charge is -2.32. The molecule has 0 aromatic carbocycles. The summed E-state index contributed by atoms with van der Waals surface area (Å²) in [5, 5.41) is 0. The predicted octanol–water partition coefficient (Wildman–Crippen LogP) is 3.97. The molecule has 0 saturated heterocycles. The summed E-state index contributed by atoms with van der Waals surface area (Å²) in [6.07, 6.45) is 9.29. The molecule has 4 heterocycles. The SMILES string of the molecule is Cc1cnc2c(c1)CN(C)CC2Cc1cc2c(nc1CCC1CC1)CCOC2. The third-order valence-corrected chi connectivity index (χ3v) is 6.55. The van der Waals surface area contributed by atoms with Crippen LogP contribution in [0.25, 0.3) is 0 Å². The maximum atomic E-state index is 5.71. The van der Waals surface area contributed by atoms with E-state index in [4.69, 9.17) is 14.7 Å². The molecule has 1 aliphatic carbocycles. The van der Waals surface area contributed by atoms with Gasteiger partial charge in [0.2, 0.25) is 0 Å². The fraction of sp³-hybridized carbons (Fsp3) is 0.583. The Hall–Kier alpha value is -1.78. The van der Waals surface area contributed by atoms with E-state index >= 15 is 0 Å². The number of pyridine rings is 2. The van der Waals surface area contributed by atoms with Crippen LogP contribution in [0.2, 0.25) is 0 Å². The molecular formula is C24H31N3O. The van der Waals surface area contributed by atoms with Crippen molar-refractivity contribution in [2.45, 2.75) is 64.5 Å². The Bertz CT molecular complexity index is 874. The van der Waals surface area contributed by atoms with Crippen LogP contribution in [0, 0.1) is 12.8 Å². The molecule has 2 aromatic heterocycles. The standard InChI is InChI=1S/C24H31N3O/c1-16-9-19-13-27(2)14-20(24(19)25-12-16)10-18-11-21-15-28-8-7-23(21)26-22(18)6-5-17-3-4-17/h9,11-12,17,20H,3-8,10,13-15H2,1-2H3. The molecule has 0 N–H and O–H groups in total. The van der Waals surface area contributed by atoms with Crippen molar-refractivity contribution in [1.82, 2.24) is 14.9 Å². The molecule has 1 saturated carbocycles. The molecule has 28 heavy (non-hydrogen) atoms. The monoisotopic (exact) mass is 377 g/mol. The Morgan fingerprint density at radius 2 is 2.11 bits per heavy atom. The molecular weight excluding hydrogens is 346 g/mol. The van der Waals surface area contributed by atoms with Gasteiger partial charge in [-0.2, -0.15) is 0 Å². The Morgan fingerprint density at radius 1 is 1.21 bits per heavy atom. The van der Waals surface area contributed by atoms with Crippen LogP contribution in [0.4, 0.5) is 0 Å². The zero-order valence-corrected chi connectivity index (χ0v) is 17.2. The van der Waals surface area contributed by atoms with Gasteiger partial charge in [0.15, 0.2) is 0 Å². The molecule has 1 unspecified atom stereocenters. The van der Waals surface area contributed by atoms with Gasteiger partial charge in [-0.1, -0.05) is 18.9 Å². The van der Waals surface area contributed by atoms with Gasteiger partial charge >= 0.3 is 0 Å². The van der Waals surface area contributed by atoms with E-state index in [2.05, 4.69) is 31.0 Å². The number of nitrogens with zero attached hydrogens (tertiary/aromatic N) is 3. The van der Waals surface area contributed by atoms with Crippen molar-refractivity contribution >= 4 is 0 Å². The quantitative estimate of drug-likeness (QED) is 0.790. The van der Waals surface area contributed by atoms with Gasteiger partial charge in [-0.3, -0.25) is 9.97 Å². The number of hydrogen-bond donors (Lipinski definition) is 0. The minimum Gasteiger partial charge on any atom is -0.376 e. The van der Waals surface area contributed by atoms with Crippen molar-refractivity contribution < 1.29 is 4.74 Å². The first kappa shape index (κ1) is 18.3. The Morgan fingerprint density at radius 3 is 2.96 bits per heavy atom. The van der Waals surface area contributed by atoms with Crippen LogP contribution in [0.1, 0.15) is 64.5 Å². The molecule has 4 nitrogen and oxygen atoms in total. The third kappa shape index (κ3) is 3.85. The minimum absolute atomic E-state index is 0.443. The van der Waals surface area contributed by atoms with Crippen molar-refractivity contribution in [3.8, 4) is 0 Å². The molecule has 5 rings (SSSR count). The van der Waals surface area contributed by atoms with Crippen LogP contribution in [-0.4, -0.2) is 35.1 Å². The van der Waals surface area contributed by atoms with E-state index in [1.165, 1.54) is 58.6 Å². The first-order valence-corrected chi connectivity index (χ1v) is 10.9. The van der Waals surface area contributed by atoms with E-state index < -0.39 is 0 Å². The summed E-state index contributed by atoms with van der Waals surface area (Å²) in [6.45, 7) is 5.74. The summed E-state index contributed by atoms with van der Waals surface area (Å²) in [5.74, 6) is 1.39. The highest BCUT2D eigenvalue weighted by Crippen LogP contribution is 2.35. The van der Waals surface area contributed by atoms with E-state index in [0.717, 1.165) is 51.5 Å². The molecule has 0 amide bonds. The molecule has 2 aliphatic heterocycles. The molecule has 2 aromatic rings. The van der Waals surface area contributed by atoms with Gasteiger partial charge in [0.1, 0.15) is 0 Å². The van der Waals surface area contributed by atoms with Crippen molar-refractivity contribution in [2.24, 2.45) is 5.92 Å². The maximum absolute atomic E-state index is 5.71. The molecule has 0 spiro atoms. The zero-order valence-electron chi connectivity index (χ0n) is 17.2. The first-order valence-electron chi connectivity index (χ1n) is 10.9. The topological polar surface area (TPSA) is 38.2 Å². The minimum atomic E-state index is 0.443. The molecule has 1 fully saturated rings. The zero-order chi connectivity index (χ0) is 19.1. The van der Waals surface area contributed by atoms with E-state index in [1.54, 1.807) is 0 Å². The summed E-state index contributed by atoms with van der Waals surface area (Å²) >= 11 is 0. The normalized spacial score (nSPS) is 22.0. The van der Waals surface area contributed by atoms with Crippen LogP contribution < -0.4 is 0 Å². The molecule has 4 heteroatoms. The van der Waals surface area contributed by atoms with Crippen LogP contribution in [0.5, 0.6) is 0 Å². The molecule has 148 valence electrons. The second-order valence-electron chi connectivity index (χ2n) is 9.14. The van der Waals surface area contributed by atoms with Crippen molar-refractivity contribution in [3.63, 3.8) is 0 Å². The highest BCUT2D eigenvalue weighted by Gasteiger charge is 2.28. The number of likely N-dealkylation sites (N-methyl/N-ethyl adjacent to an activating group) is 1. The van der Waals surface area contributed by atoms with E-state index in [-0.39, 0.29) is 0 Å². The lowest BCUT2D eigenvalue weighted by atomic mass is 9.87. The summed E-state index contributed by atoms with van der Waals surface area (Å²) < 4.78 is 5.71. The average Bonchev–Trinajstić information content (AvgIpc) is 3.50. The van der Waals surface area contributed by atoms with Crippen molar-refractivity contribution in [2.75, 3.05) is 20.2 Å². The summed E-state index contributed by atoms with van der Waals surface area (Å²) in [6, 6.07) is 4.73. The van der Waals surface area contributed by atoms with Crippen LogP contribution in [0.3, 0.4) is 0 Å². The summed E-state index contributed by atoms with van der Waals surface area (Å²) in [5.41, 5.74) is 9.30. The fourth-order valence-electron chi connectivity index (χ4n) is 4.90. The smallest absolute Gasteiger partial charge is 0.0734 e. The average molecular weight is 378 g/mol. The van der Waals surface area contributed by atoms with Crippen LogP contribution in [-0.2, 0) is 37.2 Å². The third-order valence-electron chi connectivity index (χ3n) is 6.55. The Balaban J connectivity index is 1.46. The predicted molar refractivity (Wildman–Crippen MR) is 110 cm³/mol. The highest BCUT2D eigenvalue weighted by molar-refractivity contribution is 5.36. The highest BCUT2D eigenvalue weighted by atomic mass is 16.5. The van der Waals surface area contributed by atoms with Gasteiger partial charge in [-0.15, -0.1) is 0 Å². The molecule has 0 bridgehead atoms. The fourth-order valence-corrected chi connectivity index (χ4v) is 4.90. The molecule has 0 radical (unpaired) electrons. The summed E-state index contributed by atoms with van der Waals surface area (Å²) in [7, 11) is 2.23. The van der Waals surface area contributed by atoms with Crippen LogP contribution >= 0.6 is 0 Å². The van der Waals surface area contributed by atoms with Gasteiger partial charge in [-0.05, 0) is 67.5 Å². The second kappa shape index (κ2) is 7.57. The number of aromatic nitrogens is 2. The number of hydrogen-bond acceptors (Lipinski definition) is 4. The summed E-state index contributed by atoms with van der Waals surface area (Å²) in [4.78, 5) is 12.5. The van der Waals surface area contributed by atoms with Gasteiger partial charge < -0.3 is 9.64 Å². The number of ether oxygens (including phenoxy) is 1. The molecule has 3 aliphatic rings. The lowest BCUT2D eigenvalue weighted by Crippen LogP contribution is -2.32. The van der Waals surface area contributed by atoms with Crippen molar-refractivity contribution in [3.05, 3.63) is 57.7 Å². The largest absolute Gasteiger partial charge is 0.376 e. The lowest BCUT2D eigenvalue weighted by molar-refractivity contribution is 0.109. The Kier molecular flexibility index (Phi) is 4.93.